The van der Waals surface area contributed by atoms with Gasteiger partial charge in [-0.1, -0.05) is 30.4 Å². The molecule has 1 saturated heterocycles. The normalized spacial score (nSPS) is 27.6. The first kappa shape index (κ1) is 20.3. The Morgan fingerprint density at radius 3 is 2.59 bits per heavy atom. The van der Waals surface area contributed by atoms with Crippen molar-refractivity contribution in [3.05, 3.63) is 59.6 Å². The number of Topliss-reactive ketones (excluding diaryl/α,β-unsaturated/α-hetero) is 1. The van der Waals surface area contributed by atoms with Crippen LogP contribution in [0.1, 0.15) is 25.3 Å². The number of hydrogen-bond acceptors (Lipinski definition) is 6. The molecule has 0 aliphatic carbocycles. The number of esters is 1. The molecule has 1 amide bonds. The maximum atomic E-state index is 14.8. The Labute approximate surface area is 167 Å². The molecule has 1 aromatic rings. The van der Waals surface area contributed by atoms with E-state index in [0.717, 1.165) is 0 Å². The fourth-order valence-electron chi connectivity index (χ4n) is 4.17. The van der Waals surface area contributed by atoms with E-state index >= 15 is 0 Å². The van der Waals surface area contributed by atoms with Crippen LogP contribution in [0.25, 0.3) is 0 Å². The molecule has 8 heteroatoms. The Bertz CT molecular complexity index is 980. The first-order valence-corrected chi connectivity index (χ1v) is 9.10. The van der Waals surface area contributed by atoms with Gasteiger partial charge in [-0.2, -0.15) is 5.26 Å². The monoisotopic (exact) mass is 397 g/mol. The molecule has 0 saturated carbocycles. The molecule has 2 aliphatic rings. The number of primary amides is 1. The van der Waals surface area contributed by atoms with Crippen LogP contribution in [0.2, 0.25) is 0 Å². The summed E-state index contributed by atoms with van der Waals surface area (Å²) in [7, 11) is 0. The third-order valence-electron chi connectivity index (χ3n) is 5.40. The van der Waals surface area contributed by atoms with Crippen molar-refractivity contribution < 1.29 is 23.5 Å². The molecule has 2 aliphatic heterocycles. The molecule has 150 valence electrons. The van der Waals surface area contributed by atoms with Gasteiger partial charge in [0.2, 0.25) is 5.91 Å². The lowest BCUT2D eigenvalue weighted by Gasteiger charge is -2.32. The molecule has 0 spiro atoms. The molecule has 0 radical (unpaired) electrons. The minimum absolute atomic E-state index is 0.00153. The number of ether oxygens (including phenoxy) is 1. The fraction of sp³-hybridized carbons (Fsp3) is 0.333. The van der Waals surface area contributed by atoms with Gasteiger partial charge in [-0.05, 0) is 25.5 Å². The summed E-state index contributed by atoms with van der Waals surface area (Å²) in [4.78, 5) is 38.8. The van der Waals surface area contributed by atoms with Crippen LogP contribution >= 0.6 is 0 Å². The van der Waals surface area contributed by atoms with Crippen molar-refractivity contribution in [3.8, 4) is 6.07 Å². The van der Waals surface area contributed by atoms with Crippen molar-refractivity contribution in [2.45, 2.75) is 31.8 Å². The van der Waals surface area contributed by atoms with E-state index in [9.17, 15) is 24.0 Å². The standard InChI is InChI=1S/C21H20FN3O4/c1-3-29-20(28)21(11-23)16-9-8-13(12(2)26)10-25(16)18(19(24)27)17(21)14-6-4-5-7-15(14)22/h4-10,16-18H,3H2,1-2H3,(H2,24,27)/t16-,17-,18+,21-/m0/s1. The van der Waals surface area contributed by atoms with Gasteiger partial charge < -0.3 is 15.4 Å². The van der Waals surface area contributed by atoms with Crippen molar-refractivity contribution in [2.75, 3.05) is 6.61 Å². The number of hydrogen-bond donors (Lipinski definition) is 1. The fourth-order valence-corrected chi connectivity index (χ4v) is 4.17. The number of nitriles is 1. The Balaban J connectivity index is 2.32. The van der Waals surface area contributed by atoms with E-state index in [0.29, 0.717) is 0 Å². The van der Waals surface area contributed by atoms with Crippen LogP contribution < -0.4 is 5.73 Å². The first-order chi connectivity index (χ1) is 13.8. The highest BCUT2D eigenvalue weighted by atomic mass is 19.1. The number of rotatable bonds is 5. The average Bonchev–Trinajstić information content (AvgIpc) is 2.99. The number of nitrogens with two attached hydrogens (primary N) is 1. The summed E-state index contributed by atoms with van der Waals surface area (Å²) >= 11 is 0. The zero-order valence-corrected chi connectivity index (χ0v) is 16.0. The smallest absolute Gasteiger partial charge is 0.329 e. The quantitative estimate of drug-likeness (QED) is 0.755. The van der Waals surface area contributed by atoms with Crippen LogP contribution in [0.3, 0.4) is 0 Å². The summed E-state index contributed by atoms with van der Waals surface area (Å²) in [6.45, 7) is 2.94. The highest BCUT2D eigenvalue weighted by Gasteiger charge is 2.66. The zero-order chi connectivity index (χ0) is 21.3. The molecule has 2 heterocycles. The molecule has 3 rings (SSSR count). The molecule has 0 unspecified atom stereocenters. The van der Waals surface area contributed by atoms with Crippen molar-refractivity contribution in [3.63, 3.8) is 0 Å². The average molecular weight is 397 g/mol. The van der Waals surface area contributed by atoms with Gasteiger partial charge in [0, 0.05) is 17.7 Å². The zero-order valence-electron chi connectivity index (χ0n) is 16.0. The van der Waals surface area contributed by atoms with E-state index in [1.54, 1.807) is 13.0 Å². The van der Waals surface area contributed by atoms with Crippen LogP contribution in [0.5, 0.6) is 0 Å². The van der Waals surface area contributed by atoms with Gasteiger partial charge in [-0.3, -0.25) is 14.4 Å². The Morgan fingerprint density at radius 1 is 1.34 bits per heavy atom. The number of carbonyl (C=O) groups is 3. The SMILES string of the molecule is CCOC(=O)[C@@]1(C#N)[C@@H]2C=CC(C(C)=O)=CN2[C@@H](C(N)=O)[C@@H]1c1ccccc1F. The lowest BCUT2D eigenvalue weighted by molar-refractivity contribution is -0.153. The van der Waals surface area contributed by atoms with E-state index in [2.05, 4.69) is 0 Å². The second-order valence-electron chi connectivity index (χ2n) is 6.94. The third kappa shape index (κ3) is 2.99. The highest BCUT2D eigenvalue weighted by Crippen LogP contribution is 2.54. The molecule has 1 aromatic carbocycles. The molecule has 4 atom stereocenters. The summed E-state index contributed by atoms with van der Waals surface area (Å²) in [5.74, 6) is -3.90. The molecule has 1 fully saturated rings. The van der Waals surface area contributed by atoms with E-state index in [-0.39, 0.29) is 23.5 Å². The van der Waals surface area contributed by atoms with Crippen molar-refractivity contribution >= 4 is 17.7 Å². The van der Waals surface area contributed by atoms with Gasteiger partial charge in [0.15, 0.2) is 11.2 Å². The number of ketones is 1. The van der Waals surface area contributed by atoms with Crippen molar-refractivity contribution in [2.24, 2.45) is 11.1 Å². The van der Waals surface area contributed by atoms with Crippen LogP contribution in [0.15, 0.2) is 48.2 Å². The number of benzene rings is 1. The number of nitrogens with zero attached hydrogens (tertiary/aromatic N) is 2. The highest BCUT2D eigenvalue weighted by molar-refractivity contribution is 5.97. The number of carbonyl (C=O) groups excluding carboxylic acids is 3. The van der Waals surface area contributed by atoms with Crippen molar-refractivity contribution in [1.29, 1.82) is 5.26 Å². The van der Waals surface area contributed by atoms with Gasteiger partial charge in [-0.15, -0.1) is 0 Å². The summed E-state index contributed by atoms with van der Waals surface area (Å²) < 4.78 is 19.9. The molecule has 0 bridgehead atoms. The molecular formula is C21H20FN3O4. The maximum Gasteiger partial charge on any atom is 0.329 e. The molecule has 0 aromatic heterocycles. The first-order valence-electron chi connectivity index (χ1n) is 9.10. The van der Waals surface area contributed by atoms with Crippen LogP contribution in [0, 0.1) is 22.6 Å². The van der Waals surface area contributed by atoms with Gasteiger partial charge >= 0.3 is 5.97 Å². The summed E-state index contributed by atoms with van der Waals surface area (Å²) in [5.41, 5.74) is 4.00. The largest absolute Gasteiger partial charge is 0.465 e. The second-order valence-corrected chi connectivity index (χ2v) is 6.94. The van der Waals surface area contributed by atoms with Gasteiger partial charge in [0.05, 0.1) is 18.7 Å². The topological polar surface area (TPSA) is 113 Å². The number of fused-ring (bicyclic) bond motifs is 1. The Hall–Kier alpha value is -3.47. The minimum Gasteiger partial charge on any atom is -0.465 e. The van der Waals surface area contributed by atoms with Crippen LogP contribution in [-0.2, 0) is 19.1 Å². The van der Waals surface area contributed by atoms with E-state index in [1.165, 1.54) is 48.4 Å². The van der Waals surface area contributed by atoms with E-state index in [4.69, 9.17) is 10.5 Å². The van der Waals surface area contributed by atoms with Gasteiger partial charge in [0.25, 0.3) is 0 Å². The summed E-state index contributed by atoms with van der Waals surface area (Å²) in [5, 5.41) is 10.2. The Kier molecular flexibility index (Phi) is 5.25. The van der Waals surface area contributed by atoms with Gasteiger partial charge in [-0.25, -0.2) is 4.39 Å². The van der Waals surface area contributed by atoms with Crippen LogP contribution in [0.4, 0.5) is 4.39 Å². The lowest BCUT2D eigenvalue weighted by Crippen LogP contribution is -2.45. The summed E-state index contributed by atoms with van der Waals surface area (Å²) in [6.07, 6.45) is 4.37. The second kappa shape index (κ2) is 7.51. The molecule has 29 heavy (non-hydrogen) atoms. The van der Waals surface area contributed by atoms with E-state index in [1.807, 2.05) is 6.07 Å². The number of halogens is 1. The molecular weight excluding hydrogens is 377 g/mol. The lowest BCUT2D eigenvalue weighted by atomic mass is 9.68. The predicted octanol–water partition coefficient (Wildman–Crippen LogP) is 1.56. The number of allylic oxidation sites excluding steroid dienone is 2. The predicted molar refractivity (Wildman–Crippen MR) is 100 cm³/mol. The minimum atomic E-state index is -1.94. The van der Waals surface area contributed by atoms with Crippen molar-refractivity contribution in [1.82, 2.24) is 4.90 Å². The van der Waals surface area contributed by atoms with Gasteiger partial charge in [0.1, 0.15) is 11.9 Å². The summed E-state index contributed by atoms with van der Waals surface area (Å²) in [6, 6.07) is 5.43. The molecule has 7 nitrogen and oxygen atoms in total. The maximum absolute atomic E-state index is 14.8. The van der Waals surface area contributed by atoms with Crippen LogP contribution in [-0.4, -0.2) is 41.3 Å². The van der Waals surface area contributed by atoms with E-state index < -0.39 is 41.1 Å². The Morgan fingerprint density at radius 2 is 2.03 bits per heavy atom. The number of amides is 1. The third-order valence-corrected chi connectivity index (χ3v) is 5.40. The molecule has 2 N–H and O–H groups in total.